The molecule has 0 atom stereocenters. The molecule has 6 nitrogen and oxygen atoms in total. The summed E-state index contributed by atoms with van der Waals surface area (Å²) in [7, 11) is 0. The molecule has 1 heterocycles. The van der Waals surface area contributed by atoms with Gasteiger partial charge in [0.15, 0.2) is 5.57 Å². The number of halogens is 1. The highest BCUT2D eigenvalue weighted by molar-refractivity contribution is 6.33. The Hall–Kier alpha value is -3.79. The van der Waals surface area contributed by atoms with Crippen LogP contribution < -0.4 is 5.32 Å². The van der Waals surface area contributed by atoms with Crippen molar-refractivity contribution in [3.05, 3.63) is 58.8 Å². The van der Waals surface area contributed by atoms with E-state index in [2.05, 4.69) is 15.3 Å². The Morgan fingerprint density at radius 1 is 1.04 bits per heavy atom. The van der Waals surface area contributed by atoms with E-state index in [0.717, 1.165) is 11.0 Å². The summed E-state index contributed by atoms with van der Waals surface area (Å²) in [6, 6.07) is 17.8. The fourth-order valence-electron chi connectivity index (χ4n) is 2.29. The molecule has 7 heteroatoms. The number of fused-ring (bicyclic) bond motifs is 1. The van der Waals surface area contributed by atoms with Gasteiger partial charge in [0, 0.05) is 11.3 Å². The van der Waals surface area contributed by atoms with E-state index in [9.17, 15) is 0 Å². The molecule has 0 radical (unpaired) electrons. The predicted octanol–water partition coefficient (Wildman–Crippen LogP) is 4.12. The lowest BCUT2D eigenvalue weighted by atomic mass is 10.1. The van der Waals surface area contributed by atoms with Crippen molar-refractivity contribution in [3.63, 3.8) is 0 Å². The minimum atomic E-state index is -0.289. The van der Waals surface area contributed by atoms with Crippen molar-refractivity contribution in [2.45, 2.75) is 0 Å². The van der Waals surface area contributed by atoms with Crippen molar-refractivity contribution in [3.8, 4) is 29.6 Å². The van der Waals surface area contributed by atoms with Crippen molar-refractivity contribution in [2.75, 3.05) is 5.32 Å². The SMILES string of the molecule is N#CC(C#N)=C(C#N)Nc1ccc(Cl)c(-c2nc3ccccc3[nH]2)c1. The fraction of sp³-hybridized carbons (Fsp3) is 0. The zero-order valence-electron chi connectivity index (χ0n) is 12.7. The van der Waals surface area contributed by atoms with Crippen LogP contribution in [0.2, 0.25) is 5.02 Å². The number of rotatable bonds is 3. The highest BCUT2D eigenvalue weighted by Crippen LogP contribution is 2.30. The Kier molecular flexibility index (Phi) is 4.35. The Balaban J connectivity index is 2.05. The van der Waals surface area contributed by atoms with Crippen LogP contribution in [0.15, 0.2) is 53.7 Å². The highest BCUT2D eigenvalue weighted by Gasteiger charge is 2.12. The molecule has 0 saturated heterocycles. The minimum Gasteiger partial charge on any atom is -0.345 e. The second kappa shape index (κ2) is 6.76. The van der Waals surface area contributed by atoms with Crippen molar-refractivity contribution in [1.29, 1.82) is 15.8 Å². The number of nitrogens with one attached hydrogen (secondary N) is 2. The smallest absolute Gasteiger partial charge is 0.163 e. The van der Waals surface area contributed by atoms with Crippen molar-refractivity contribution >= 4 is 28.3 Å². The fourth-order valence-corrected chi connectivity index (χ4v) is 2.50. The number of anilines is 1. The molecule has 3 rings (SSSR count). The number of para-hydroxylation sites is 2. The molecule has 0 aliphatic carbocycles. The molecular formula is C18H9ClN6. The number of aromatic nitrogens is 2. The third-order valence-corrected chi connectivity index (χ3v) is 3.80. The number of nitriles is 3. The normalized spacial score (nSPS) is 9.68. The van der Waals surface area contributed by atoms with Gasteiger partial charge >= 0.3 is 0 Å². The molecule has 1 aromatic heterocycles. The van der Waals surface area contributed by atoms with E-state index in [0.29, 0.717) is 22.1 Å². The third kappa shape index (κ3) is 3.14. The highest BCUT2D eigenvalue weighted by atomic mass is 35.5. The molecule has 0 saturated carbocycles. The minimum absolute atomic E-state index is 0.122. The van der Waals surface area contributed by atoms with Crippen LogP contribution in [-0.2, 0) is 0 Å². The van der Waals surface area contributed by atoms with E-state index in [1.54, 1.807) is 30.3 Å². The number of H-pyrrole nitrogens is 1. The van der Waals surface area contributed by atoms with Gasteiger partial charge in [-0.1, -0.05) is 23.7 Å². The standard InChI is InChI=1S/C18H9ClN6/c19-14-6-5-12(23-17(10-22)11(8-20)9-21)7-13(14)18-24-15-3-1-2-4-16(15)25-18/h1-7,23H,(H,24,25). The maximum Gasteiger partial charge on any atom is 0.163 e. The van der Waals surface area contributed by atoms with Gasteiger partial charge in [0.25, 0.3) is 0 Å². The van der Waals surface area contributed by atoms with Crippen molar-refractivity contribution in [1.82, 2.24) is 9.97 Å². The van der Waals surface area contributed by atoms with Crippen LogP contribution in [0, 0.1) is 34.0 Å². The van der Waals surface area contributed by atoms with Crippen LogP contribution >= 0.6 is 11.6 Å². The molecular weight excluding hydrogens is 336 g/mol. The summed E-state index contributed by atoms with van der Waals surface area (Å²) in [4.78, 5) is 7.69. The molecule has 0 unspecified atom stereocenters. The Morgan fingerprint density at radius 2 is 1.80 bits per heavy atom. The molecule has 0 aliphatic rings. The second-order valence-corrected chi connectivity index (χ2v) is 5.41. The number of aromatic amines is 1. The molecule has 0 bridgehead atoms. The maximum absolute atomic E-state index is 9.14. The summed E-state index contributed by atoms with van der Waals surface area (Å²) in [6.45, 7) is 0. The molecule has 2 aromatic carbocycles. The summed E-state index contributed by atoms with van der Waals surface area (Å²) in [5, 5.41) is 30.2. The van der Waals surface area contributed by atoms with Gasteiger partial charge in [0.1, 0.15) is 29.7 Å². The number of benzene rings is 2. The first-order valence-corrected chi connectivity index (χ1v) is 7.50. The molecule has 0 aliphatic heterocycles. The Bertz CT molecular complexity index is 1070. The molecule has 0 spiro atoms. The van der Waals surface area contributed by atoms with Gasteiger partial charge < -0.3 is 10.3 Å². The average molecular weight is 345 g/mol. The first-order valence-electron chi connectivity index (χ1n) is 7.12. The summed E-state index contributed by atoms with van der Waals surface area (Å²) in [6.07, 6.45) is 0. The van der Waals surface area contributed by atoms with E-state index in [1.807, 2.05) is 30.3 Å². The van der Waals surface area contributed by atoms with E-state index >= 15 is 0 Å². The lowest BCUT2D eigenvalue weighted by Crippen LogP contribution is -2.01. The molecule has 118 valence electrons. The zero-order chi connectivity index (χ0) is 17.8. The number of hydrogen-bond donors (Lipinski definition) is 2. The first-order chi connectivity index (χ1) is 12.2. The lowest BCUT2D eigenvalue weighted by molar-refractivity contribution is 1.33. The van der Waals surface area contributed by atoms with Crippen molar-refractivity contribution in [2.24, 2.45) is 0 Å². The molecule has 0 amide bonds. The maximum atomic E-state index is 9.14. The average Bonchev–Trinajstić information content (AvgIpc) is 3.07. The Morgan fingerprint density at radius 3 is 2.48 bits per heavy atom. The van der Waals surface area contributed by atoms with Gasteiger partial charge in [0.2, 0.25) is 0 Å². The van der Waals surface area contributed by atoms with Gasteiger partial charge in [-0.25, -0.2) is 4.98 Å². The van der Waals surface area contributed by atoms with E-state index < -0.39 is 0 Å². The number of imidazole rings is 1. The van der Waals surface area contributed by atoms with E-state index in [1.165, 1.54) is 0 Å². The molecule has 0 fully saturated rings. The van der Waals surface area contributed by atoms with Crippen LogP contribution in [0.5, 0.6) is 0 Å². The molecule has 25 heavy (non-hydrogen) atoms. The zero-order valence-corrected chi connectivity index (χ0v) is 13.5. The molecule has 2 N–H and O–H groups in total. The van der Waals surface area contributed by atoms with Crippen LogP contribution in [0.3, 0.4) is 0 Å². The number of nitrogens with zero attached hydrogens (tertiary/aromatic N) is 4. The van der Waals surface area contributed by atoms with Crippen LogP contribution in [0.4, 0.5) is 5.69 Å². The van der Waals surface area contributed by atoms with Gasteiger partial charge in [-0.15, -0.1) is 0 Å². The van der Waals surface area contributed by atoms with Gasteiger partial charge in [0.05, 0.1) is 16.1 Å². The van der Waals surface area contributed by atoms with Gasteiger partial charge in [-0.3, -0.25) is 0 Å². The predicted molar refractivity (Wildman–Crippen MR) is 94.0 cm³/mol. The largest absolute Gasteiger partial charge is 0.345 e. The molecule has 3 aromatic rings. The second-order valence-electron chi connectivity index (χ2n) is 5.01. The van der Waals surface area contributed by atoms with Crippen LogP contribution in [-0.4, -0.2) is 9.97 Å². The summed E-state index contributed by atoms with van der Waals surface area (Å²) in [5.74, 6) is 0.582. The third-order valence-electron chi connectivity index (χ3n) is 3.47. The van der Waals surface area contributed by atoms with E-state index in [-0.39, 0.29) is 11.3 Å². The summed E-state index contributed by atoms with van der Waals surface area (Å²) < 4.78 is 0. The summed E-state index contributed by atoms with van der Waals surface area (Å²) in [5.41, 5.74) is 2.42. The topological polar surface area (TPSA) is 112 Å². The lowest BCUT2D eigenvalue weighted by Gasteiger charge is -2.08. The van der Waals surface area contributed by atoms with Crippen LogP contribution in [0.1, 0.15) is 0 Å². The number of allylic oxidation sites excluding steroid dienone is 2. The van der Waals surface area contributed by atoms with Crippen LogP contribution in [0.25, 0.3) is 22.4 Å². The monoisotopic (exact) mass is 344 g/mol. The Labute approximate surface area is 148 Å². The van der Waals surface area contributed by atoms with Crippen molar-refractivity contribution < 1.29 is 0 Å². The van der Waals surface area contributed by atoms with Gasteiger partial charge in [-0.2, -0.15) is 15.8 Å². The van der Waals surface area contributed by atoms with Gasteiger partial charge in [-0.05, 0) is 30.3 Å². The number of hydrogen-bond acceptors (Lipinski definition) is 5. The quantitative estimate of drug-likeness (QED) is 0.694. The first kappa shape index (κ1) is 16.1. The van der Waals surface area contributed by atoms with E-state index in [4.69, 9.17) is 27.4 Å². The summed E-state index contributed by atoms with van der Waals surface area (Å²) >= 11 is 6.28.